The van der Waals surface area contributed by atoms with E-state index in [1.165, 1.54) is 16.7 Å². The molecule has 94 valence electrons. The Bertz CT molecular complexity index is 554. The summed E-state index contributed by atoms with van der Waals surface area (Å²) in [6, 6.07) is 8.55. The molecule has 0 saturated heterocycles. The summed E-state index contributed by atoms with van der Waals surface area (Å²) < 4.78 is 0. The van der Waals surface area contributed by atoms with E-state index in [-0.39, 0.29) is 0 Å². The average Bonchev–Trinajstić information content (AvgIpc) is 2.73. The molecule has 2 rings (SSSR count). The van der Waals surface area contributed by atoms with E-state index in [2.05, 4.69) is 48.9 Å². The van der Waals surface area contributed by atoms with Crippen LogP contribution in [0.25, 0.3) is 0 Å². The van der Waals surface area contributed by atoms with Gasteiger partial charge in [0.1, 0.15) is 0 Å². The summed E-state index contributed by atoms with van der Waals surface area (Å²) in [6.07, 6.45) is 2.97. The highest BCUT2D eigenvalue weighted by atomic mass is 14.8. The number of hydrogen-bond acceptors (Lipinski definition) is 1. The van der Waals surface area contributed by atoms with Gasteiger partial charge in [0, 0.05) is 5.69 Å². The quantitative estimate of drug-likeness (QED) is 0.777. The highest BCUT2D eigenvalue weighted by Crippen LogP contribution is 2.25. The maximum absolute atomic E-state index is 4.61. The van der Waals surface area contributed by atoms with E-state index < -0.39 is 0 Å². The Morgan fingerprint density at radius 1 is 1.11 bits per heavy atom. The molecule has 18 heavy (non-hydrogen) atoms. The van der Waals surface area contributed by atoms with Crippen molar-refractivity contribution in [1.29, 1.82) is 0 Å². The molecule has 0 spiro atoms. The lowest BCUT2D eigenvalue weighted by Gasteiger charge is -2.07. The zero-order valence-corrected chi connectivity index (χ0v) is 11.5. The summed E-state index contributed by atoms with van der Waals surface area (Å²) in [5.74, 6) is 0. The third-order valence-corrected chi connectivity index (χ3v) is 3.15. The standard InChI is InChI=1S/C16H20N2/c1-5-14-8-11(2)16(12(3)9-14)17-10-15-7-6-13(4)18-15/h6-10,18H,5H2,1-4H3. The Balaban J connectivity index is 2.31. The zero-order valence-electron chi connectivity index (χ0n) is 11.5. The van der Waals surface area contributed by atoms with Crippen LogP contribution in [0.5, 0.6) is 0 Å². The third kappa shape index (κ3) is 2.70. The van der Waals surface area contributed by atoms with Crippen LogP contribution in [0, 0.1) is 20.8 Å². The molecule has 0 saturated carbocycles. The molecular weight excluding hydrogens is 220 g/mol. The molecule has 0 fully saturated rings. The smallest absolute Gasteiger partial charge is 0.0689 e. The Hall–Kier alpha value is -1.83. The molecule has 1 aromatic carbocycles. The lowest BCUT2D eigenvalue weighted by Crippen LogP contribution is -1.88. The molecule has 0 amide bonds. The molecule has 0 aliphatic rings. The molecule has 1 N–H and O–H groups in total. The van der Waals surface area contributed by atoms with Crippen LogP contribution in [0.1, 0.15) is 35.0 Å². The summed E-state index contributed by atoms with van der Waals surface area (Å²) in [4.78, 5) is 7.87. The van der Waals surface area contributed by atoms with Crippen LogP contribution < -0.4 is 0 Å². The zero-order chi connectivity index (χ0) is 13.1. The molecule has 1 heterocycles. The van der Waals surface area contributed by atoms with Crippen LogP contribution in [0.3, 0.4) is 0 Å². The SMILES string of the molecule is CCc1cc(C)c(N=Cc2ccc(C)[nH]2)c(C)c1. The highest BCUT2D eigenvalue weighted by Gasteiger charge is 2.03. The molecule has 0 radical (unpaired) electrons. The van der Waals surface area contributed by atoms with E-state index in [1.807, 2.05) is 19.2 Å². The number of benzene rings is 1. The predicted octanol–water partition coefficient (Wildman–Crippen LogP) is 4.25. The molecule has 0 atom stereocenters. The van der Waals surface area contributed by atoms with Crippen molar-refractivity contribution in [2.75, 3.05) is 0 Å². The molecule has 2 nitrogen and oxygen atoms in total. The van der Waals surface area contributed by atoms with E-state index in [4.69, 9.17) is 0 Å². The molecule has 1 aromatic heterocycles. The van der Waals surface area contributed by atoms with Crippen LogP contribution in [0.4, 0.5) is 5.69 Å². The normalized spacial score (nSPS) is 11.3. The van der Waals surface area contributed by atoms with Gasteiger partial charge in [-0.2, -0.15) is 0 Å². The molecule has 0 aliphatic heterocycles. The second-order valence-electron chi connectivity index (χ2n) is 4.79. The number of aryl methyl sites for hydroxylation is 4. The summed E-state index contributed by atoms with van der Waals surface area (Å²) in [7, 11) is 0. The number of nitrogens with zero attached hydrogens (tertiary/aromatic N) is 1. The van der Waals surface area contributed by atoms with Gasteiger partial charge in [-0.3, -0.25) is 4.99 Å². The lowest BCUT2D eigenvalue weighted by molar-refractivity contribution is 1.12. The number of hydrogen-bond donors (Lipinski definition) is 1. The Morgan fingerprint density at radius 2 is 1.78 bits per heavy atom. The maximum atomic E-state index is 4.61. The number of nitrogens with one attached hydrogen (secondary N) is 1. The first-order valence-electron chi connectivity index (χ1n) is 6.40. The van der Waals surface area contributed by atoms with Gasteiger partial charge in [-0.1, -0.05) is 19.1 Å². The minimum atomic E-state index is 1.05. The first kappa shape index (κ1) is 12.6. The van der Waals surface area contributed by atoms with Gasteiger partial charge in [0.15, 0.2) is 0 Å². The summed E-state index contributed by atoms with van der Waals surface area (Å²) in [5.41, 5.74) is 7.15. The van der Waals surface area contributed by atoms with E-state index in [1.54, 1.807) is 0 Å². The molecule has 0 aliphatic carbocycles. The van der Waals surface area contributed by atoms with Gasteiger partial charge in [-0.15, -0.1) is 0 Å². The average molecular weight is 240 g/mol. The number of aromatic amines is 1. The Kier molecular flexibility index (Phi) is 3.66. The van der Waals surface area contributed by atoms with Crippen LogP contribution in [-0.4, -0.2) is 11.2 Å². The maximum Gasteiger partial charge on any atom is 0.0689 e. The first-order chi connectivity index (χ1) is 8.60. The van der Waals surface area contributed by atoms with Crippen molar-refractivity contribution in [3.8, 4) is 0 Å². The number of rotatable bonds is 3. The number of aliphatic imine (C=N–C) groups is 1. The second-order valence-corrected chi connectivity index (χ2v) is 4.79. The monoisotopic (exact) mass is 240 g/mol. The van der Waals surface area contributed by atoms with E-state index in [0.29, 0.717) is 0 Å². The molecule has 0 unspecified atom stereocenters. The minimum absolute atomic E-state index is 1.05. The highest BCUT2D eigenvalue weighted by molar-refractivity contribution is 5.81. The van der Waals surface area contributed by atoms with Crippen LogP contribution in [0.15, 0.2) is 29.3 Å². The summed E-state index contributed by atoms with van der Waals surface area (Å²) in [5, 5.41) is 0. The molecular formula is C16H20N2. The van der Waals surface area contributed by atoms with Crippen molar-refractivity contribution in [2.24, 2.45) is 4.99 Å². The van der Waals surface area contributed by atoms with Gasteiger partial charge in [0.25, 0.3) is 0 Å². The van der Waals surface area contributed by atoms with Gasteiger partial charge in [-0.05, 0) is 56.0 Å². The van der Waals surface area contributed by atoms with Gasteiger partial charge < -0.3 is 4.98 Å². The Morgan fingerprint density at radius 3 is 2.28 bits per heavy atom. The van der Waals surface area contributed by atoms with Crippen LogP contribution >= 0.6 is 0 Å². The van der Waals surface area contributed by atoms with Crippen molar-refractivity contribution in [1.82, 2.24) is 4.98 Å². The minimum Gasteiger partial charge on any atom is -0.358 e. The molecule has 2 heteroatoms. The number of aromatic nitrogens is 1. The lowest BCUT2D eigenvalue weighted by atomic mass is 10.0. The fourth-order valence-electron chi connectivity index (χ4n) is 2.19. The molecule has 2 aromatic rings. The van der Waals surface area contributed by atoms with Gasteiger partial charge in [0.05, 0.1) is 17.6 Å². The van der Waals surface area contributed by atoms with Crippen molar-refractivity contribution >= 4 is 11.9 Å². The first-order valence-corrected chi connectivity index (χ1v) is 6.40. The van der Waals surface area contributed by atoms with Crippen LogP contribution in [0.2, 0.25) is 0 Å². The fourth-order valence-corrected chi connectivity index (χ4v) is 2.19. The second kappa shape index (κ2) is 5.21. The van der Waals surface area contributed by atoms with E-state index in [9.17, 15) is 0 Å². The van der Waals surface area contributed by atoms with Crippen molar-refractivity contribution in [2.45, 2.75) is 34.1 Å². The van der Waals surface area contributed by atoms with Crippen molar-refractivity contribution in [3.05, 3.63) is 52.3 Å². The van der Waals surface area contributed by atoms with Crippen molar-refractivity contribution < 1.29 is 0 Å². The summed E-state index contributed by atoms with van der Waals surface area (Å²) >= 11 is 0. The predicted molar refractivity (Wildman–Crippen MR) is 78.1 cm³/mol. The number of H-pyrrole nitrogens is 1. The Labute approximate surface area is 109 Å². The van der Waals surface area contributed by atoms with Gasteiger partial charge in [0.2, 0.25) is 0 Å². The van der Waals surface area contributed by atoms with Gasteiger partial charge in [-0.25, -0.2) is 0 Å². The largest absolute Gasteiger partial charge is 0.358 e. The van der Waals surface area contributed by atoms with Crippen LogP contribution in [-0.2, 0) is 6.42 Å². The molecule has 0 bridgehead atoms. The van der Waals surface area contributed by atoms with E-state index in [0.717, 1.165) is 23.5 Å². The van der Waals surface area contributed by atoms with Crippen molar-refractivity contribution in [3.63, 3.8) is 0 Å². The topological polar surface area (TPSA) is 28.1 Å². The fraction of sp³-hybridized carbons (Fsp3) is 0.312. The van der Waals surface area contributed by atoms with E-state index >= 15 is 0 Å². The summed E-state index contributed by atoms with van der Waals surface area (Å²) in [6.45, 7) is 8.47. The van der Waals surface area contributed by atoms with Gasteiger partial charge >= 0.3 is 0 Å². The third-order valence-electron chi connectivity index (χ3n) is 3.15.